The molecular formula is C25H23N3O3. The van der Waals surface area contributed by atoms with Crippen molar-refractivity contribution < 1.29 is 9.59 Å². The lowest BCUT2D eigenvalue weighted by Gasteiger charge is -2.16. The van der Waals surface area contributed by atoms with Crippen LogP contribution in [0.5, 0.6) is 0 Å². The molecule has 0 atom stereocenters. The number of nitrogens with zero attached hydrogens (tertiary/aromatic N) is 1. The molecule has 0 unspecified atom stereocenters. The van der Waals surface area contributed by atoms with Gasteiger partial charge in [0.05, 0.1) is 22.3 Å². The molecule has 2 amide bonds. The van der Waals surface area contributed by atoms with Gasteiger partial charge in [0.2, 0.25) is 5.91 Å². The van der Waals surface area contributed by atoms with Crippen molar-refractivity contribution in [1.29, 1.82) is 0 Å². The summed E-state index contributed by atoms with van der Waals surface area (Å²) in [5.41, 5.74) is 2.16. The van der Waals surface area contributed by atoms with Crippen LogP contribution in [0.25, 0.3) is 21.8 Å². The second-order valence-corrected chi connectivity index (χ2v) is 7.67. The molecule has 1 aromatic heterocycles. The Hall–Kier alpha value is -3.93. The lowest BCUT2D eigenvalue weighted by atomic mass is 10.1. The SMILES string of the molecule is CC(C)NC(=O)c1ccccc1NC(=O)Cn1c2ccccc2c(=O)c2ccccc21. The first-order chi connectivity index (χ1) is 15.0. The molecule has 0 spiro atoms. The van der Waals surface area contributed by atoms with Crippen molar-refractivity contribution in [2.24, 2.45) is 0 Å². The van der Waals surface area contributed by atoms with E-state index in [4.69, 9.17) is 0 Å². The summed E-state index contributed by atoms with van der Waals surface area (Å²) in [6, 6.07) is 21.4. The first-order valence-electron chi connectivity index (χ1n) is 10.2. The Morgan fingerprint density at radius 2 is 1.39 bits per heavy atom. The summed E-state index contributed by atoms with van der Waals surface area (Å²) in [5.74, 6) is -0.533. The highest BCUT2D eigenvalue weighted by Gasteiger charge is 2.16. The van der Waals surface area contributed by atoms with Crippen LogP contribution in [0.1, 0.15) is 24.2 Å². The number of amides is 2. The monoisotopic (exact) mass is 413 g/mol. The maximum Gasteiger partial charge on any atom is 0.253 e. The molecular weight excluding hydrogens is 390 g/mol. The molecule has 0 radical (unpaired) electrons. The number of benzene rings is 3. The van der Waals surface area contributed by atoms with Crippen LogP contribution < -0.4 is 16.1 Å². The Kier molecular flexibility index (Phi) is 5.54. The Bertz CT molecular complexity index is 1300. The maximum atomic E-state index is 13.0. The van der Waals surface area contributed by atoms with E-state index >= 15 is 0 Å². The molecule has 0 saturated carbocycles. The van der Waals surface area contributed by atoms with Gasteiger partial charge in [-0.3, -0.25) is 14.4 Å². The smallest absolute Gasteiger partial charge is 0.253 e. The molecule has 0 fully saturated rings. The molecule has 4 rings (SSSR count). The Labute approximate surface area is 179 Å². The average Bonchev–Trinajstić information content (AvgIpc) is 2.76. The van der Waals surface area contributed by atoms with Gasteiger partial charge in [-0.05, 0) is 50.2 Å². The first kappa shape index (κ1) is 20.3. The Morgan fingerprint density at radius 1 is 0.839 bits per heavy atom. The zero-order chi connectivity index (χ0) is 22.0. The van der Waals surface area contributed by atoms with E-state index in [1.54, 1.807) is 36.4 Å². The molecule has 156 valence electrons. The minimum Gasteiger partial charge on any atom is -0.350 e. The van der Waals surface area contributed by atoms with Crippen LogP contribution in [0.15, 0.2) is 77.6 Å². The van der Waals surface area contributed by atoms with Gasteiger partial charge in [0.25, 0.3) is 5.91 Å². The summed E-state index contributed by atoms with van der Waals surface area (Å²) in [4.78, 5) is 38.4. The van der Waals surface area contributed by atoms with Gasteiger partial charge in [0.1, 0.15) is 6.54 Å². The van der Waals surface area contributed by atoms with Crippen molar-refractivity contribution in [1.82, 2.24) is 9.88 Å². The second-order valence-electron chi connectivity index (χ2n) is 7.67. The molecule has 0 aliphatic heterocycles. The standard InChI is InChI=1S/C25H23N3O3/c1-16(2)26-25(31)17-9-3-6-12-20(17)27-23(29)15-28-21-13-7-4-10-18(21)24(30)19-11-5-8-14-22(19)28/h3-14,16H,15H2,1-2H3,(H,26,31)(H,27,29). The number of para-hydroxylation sites is 3. The molecule has 4 aromatic rings. The van der Waals surface area contributed by atoms with Crippen LogP contribution >= 0.6 is 0 Å². The van der Waals surface area contributed by atoms with E-state index < -0.39 is 0 Å². The zero-order valence-corrected chi connectivity index (χ0v) is 17.4. The van der Waals surface area contributed by atoms with Gasteiger partial charge in [0, 0.05) is 16.8 Å². The van der Waals surface area contributed by atoms with Gasteiger partial charge in [-0.2, -0.15) is 0 Å². The van der Waals surface area contributed by atoms with E-state index in [-0.39, 0.29) is 29.8 Å². The van der Waals surface area contributed by atoms with E-state index in [1.165, 1.54) is 0 Å². The lowest BCUT2D eigenvalue weighted by molar-refractivity contribution is -0.116. The topological polar surface area (TPSA) is 80.2 Å². The lowest BCUT2D eigenvalue weighted by Crippen LogP contribution is -2.31. The number of aromatic nitrogens is 1. The summed E-state index contributed by atoms with van der Waals surface area (Å²) in [5, 5.41) is 6.83. The zero-order valence-electron chi connectivity index (χ0n) is 17.4. The van der Waals surface area contributed by atoms with Gasteiger partial charge < -0.3 is 15.2 Å². The van der Waals surface area contributed by atoms with Gasteiger partial charge in [-0.15, -0.1) is 0 Å². The third kappa shape index (κ3) is 4.05. The van der Waals surface area contributed by atoms with Crippen molar-refractivity contribution in [3.8, 4) is 0 Å². The minimum atomic E-state index is -0.288. The summed E-state index contributed by atoms with van der Waals surface area (Å²) >= 11 is 0. The fourth-order valence-corrected chi connectivity index (χ4v) is 3.71. The summed E-state index contributed by atoms with van der Waals surface area (Å²) in [7, 11) is 0. The summed E-state index contributed by atoms with van der Waals surface area (Å²) in [6.45, 7) is 3.76. The van der Waals surface area contributed by atoms with Crippen molar-refractivity contribution in [3.05, 3.63) is 88.6 Å². The molecule has 6 nitrogen and oxygen atoms in total. The van der Waals surface area contributed by atoms with E-state index in [2.05, 4.69) is 10.6 Å². The summed E-state index contributed by atoms with van der Waals surface area (Å²) < 4.78 is 1.83. The number of carbonyl (C=O) groups is 2. The van der Waals surface area contributed by atoms with Gasteiger partial charge in [0.15, 0.2) is 5.43 Å². The number of carbonyl (C=O) groups excluding carboxylic acids is 2. The predicted octanol–water partition coefficient (Wildman–Crippen LogP) is 3.93. The number of anilines is 1. The summed E-state index contributed by atoms with van der Waals surface area (Å²) in [6.07, 6.45) is 0. The van der Waals surface area contributed by atoms with E-state index in [1.807, 2.05) is 54.8 Å². The third-order valence-corrected chi connectivity index (χ3v) is 5.05. The van der Waals surface area contributed by atoms with E-state index in [0.717, 1.165) is 0 Å². The van der Waals surface area contributed by atoms with Crippen LogP contribution in [0.3, 0.4) is 0 Å². The highest BCUT2D eigenvalue weighted by atomic mass is 16.2. The Morgan fingerprint density at radius 3 is 2.00 bits per heavy atom. The van der Waals surface area contributed by atoms with Crippen LogP contribution in [0.4, 0.5) is 5.69 Å². The molecule has 3 aromatic carbocycles. The fourth-order valence-electron chi connectivity index (χ4n) is 3.71. The number of hydrogen-bond donors (Lipinski definition) is 2. The highest BCUT2D eigenvalue weighted by Crippen LogP contribution is 2.20. The third-order valence-electron chi connectivity index (χ3n) is 5.05. The van der Waals surface area contributed by atoms with Crippen LogP contribution in [0, 0.1) is 0 Å². The first-order valence-corrected chi connectivity index (χ1v) is 10.2. The van der Waals surface area contributed by atoms with Gasteiger partial charge in [-0.1, -0.05) is 36.4 Å². The molecule has 0 saturated heterocycles. The van der Waals surface area contributed by atoms with Crippen molar-refractivity contribution in [3.63, 3.8) is 0 Å². The predicted molar refractivity (Wildman–Crippen MR) is 123 cm³/mol. The molecule has 0 aliphatic rings. The van der Waals surface area contributed by atoms with Gasteiger partial charge >= 0.3 is 0 Å². The van der Waals surface area contributed by atoms with Crippen molar-refractivity contribution in [2.45, 2.75) is 26.4 Å². The second kappa shape index (κ2) is 8.44. The van der Waals surface area contributed by atoms with Gasteiger partial charge in [-0.25, -0.2) is 0 Å². The number of pyridine rings is 1. The van der Waals surface area contributed by atoms with E-state index in [9.17, 15) is 14.4 Å². The highest BCUT2D eigenvalue weighted by molar-refractivity contribution is 6.04. The molecule has 2 N–H and O–H groups in total. The van der Waals surface area contributed by atoms with Crippen LogP contribution in [0.2, 0.25) is 0 Å². The number of nitrogens with one attached hydrogen (secondary N) is 2. The number of hydrogen-bond acceptors (Lipinski definition) is 3. The van der Waals surface area contributed by atoms with Crippen LogP contribution in [-0.4, -0.2) is 22.4 Å². The molecule has 6 heteroatoms. The Balaban J connectivity index is 1.71. The van der Waals surface area contributed by atoms with Crippen molar-refractivity contribution >= 4 is 39.3 Å². The molecule has 1 heterocycles. The number of rotatable bonds is 5. The van der Waals surface area contributed by atoms with Crippen molar-refractivity contribution in [2.75, 3.05) is 5.32 Å². The fraction of sp³-hybridized carbons (Fsp3) is 0.160. The average molecular weight is 413 g/mol. The van der Waals surface area contributed by atoms with E-state index in [0.29, 0.717) is 33.1 Å². The largest absolute Gasteiger partial charge is 0.350 e. The minimum absolute atomic E-state index is 0.00143. The molecule has 31 heavy (non-hydrogen) atoms. The normalized spacial score (nSPS) is 11.1. The van der Waals surface area contributed by atoms with Crippen LogP contribution in [-0.2, 0) is 11.3 Å². The molecule has 0 bridgehead atoms. The number of fused-ring (bicyclic) bond motifs is 2. The molecule has 0 aliphatic carbocycles. The maximum absolute atomic E-state index is 13.0. The quantitative estimate of drug-likeness (QED) is 0.487.